The number of nitrogens with one attached hydrogen (secondary N) is 1. The molecule has 0 bridgehead atoms. The van der Waals surface area contributed by atoms with Crippen molar-refractivity contribution < 1.29 is 0 Å². The van der Waals surface area contributed by atoms with Gasteiger partial charge in [0.2, 0.25) is 0 Å². The molecule has 0 atom stereocenters. The fourth-order valence-electron chi connectivity index (χ4n) is 1.65. The fourth-order valence-corrected chi connectivity index (χ4v) is 1.96. The topological polar surface area (TPSA) is 54.5 Å². The van der Waals surface area contributed by atoms with Crippen LogP contribution in [0.25, 0.3) is 22.6 Å². The van der Waals surface area contributed by atoms with Crippen LogP contribution in [0, 0.1) is 6.92 Å². The molecule has 3 aromatic heterocycles. The molecule has 3 heterocycles. The Bertz CT molecular complexity index is 637. The lowest BCUT2D eigenvalue weighted by Crippen LogP contribution is -1.83. The zero-order chi connectivity index (χ0) is 11.8. The van der Waals surface area contributed by atoms with Crippen LogP contribution < -0.4 is 0 Å². The van der Waals surface area contributed by atoms with Crippen LogP contribution in [-0.4, -0.2) is 19.9 Å². The van der Waals surface area contributed by atoms with Crippen molar-refractivity contribution in [3.8, 4) is 11.4 Å². The van der Waals surface area contributed by atoms with Gasteiger partial charge in [-0.15, -0.1) is 0 Å². The number of aryl methyl sites for hydroxylation is 1. The summed E-state index contributed by atoms with van der Waals surface area (Å²) in [7, 11) is 0. The SMILES string of the molecule is Cc1nc2nc(-c3cccnc3)[nH]c2cc1Br. The van der Waals surface area contributed by atoms with Crippen molar-refractivity contribution in [1.29, 1.82) is 0 Å². The van der Waals surface area contributed by atoms with Crippen LogP contribution in [0.3, 0.4) is 0 Å². The smallest absolute Gasteiger partial charge is 0.178 e. The lowest BCUT2D eigenvalue weighted by atomic mass is 10.3. The first kappa shape index (κ1) is 10.4. The number of aromatic amines is 1. The number of hydrogen-bond donors (Lipinski definition) is 1. The second-order valence-electron chi connectivity index (χ2n) is 3.75. The molecule has 0 fully saturated rings. The van der Waals surface area contributed by atoms with Gasteiger partial charge in [0.15, 0.2) is 5.65 Å². The molecule has 17 heavy (non-hydrogen) atoms. The van der Waals surface area contributed by atoms with Crippen LogP contribution in [0.4, 0.5) is 0 Å². The van der Waals surface area contributed by atoms with E-state index in [9.17, 15) is 0 Å². The Balaban J connectivity index is 2.21. The molecule has 0 saturated carbocycles. The number of pyridine rings is 2. The lowest BCUT2D eigenvalue weighted by molar-refractivity contribution is 1.20. The van der Waals surface area contributed by atoms with Crippen LogP contribution in [0.2, 0.25) is 0 Å². The maximum atomic E-state index is 4.46. The summed E-state index contributed by atoms with van der Waals surface area (Å²) in [6.07, 6.45) is 3.52. The Morgan fingerprint density at radius 1 is 1.29 bits per heavy atom. The molecule has 0 spiro atoms. The maximum Gasteiger partial charge on any atom is 0.178 e. The highest BCUT2D eigenvalue weighted by molar-refractivity contribution is 9.10. The fraction of sp³-hybridized carbons (Fsp3) is 0.0833. The summed E-state index contributed by atoms with van der Waals surface area (Å²) < 4.78 is 0.978. The monoisotopic (exact) mass is 288 g/mol. The molecule has 0 amide bonds. The van der Waals surface area contributed by atoms with Gasteiger partial charge in [-0.25, -0.2) is 9.97 Å². The highest BCUT2D eigenvalue weighted by atomic mass is 79.9. The van der Waals surface area contributed by atoms with Gasteiger partial charge in [-0.3, -0.25) is 4.98 Å². The molecule has 0 saturated heterocycles. The van der Waals surface area contributed by atoms with Crippen LogP contribution in [0.1, 0.15) is 5.69 Å². The predicted octanol–water partition coefficient (Wildman–Crippen LogP) is 3.09. The zero-order valence-electron chi connectivity index (χ0n) is 9.11. The Morgan fingerprint density at radius 2 is 2.18 bits per heavy atom. The first-order valence-corrected chi connectivity index (χ1v) is 5.96. The normalized spacial score (nSPS) is 10.9. The van der Waals surface area contributed by atoms with E-state index in [2.05, 4.69) is 35.9 Å². The van der Waals surface area contributed by atoms with Gasteiger partial charge in [0.1, 0.15) is 5.82 Å². The second-order valence-corrected chi connectivity index (χ2v) is 4.61. The standard InChI is InChI=1S/C12H9BrN4/c1-7-9(13)5-10-12(15-7)17-11(16-10)8-3-2-4-14-6-8/h2-6H,1H3,(H,15,16,17). The van der Waals surface area contributed by atoms with E-state index in [4.69, 9.17) is 0 Å². The van der Waals surface area contributed by atoms with E-state index in [0.29, 0.717) is 0 Å². The van der Waals surface area contributed by atoms with Crippen molar-refractivity contribution in [2.24, 2.45) is 0 Å². The third kappa shape index (κ3) is 1.82. The maximum absolute atomic E-state index is 4.46. The van der Waals surface area contributed by atoms with Gasteiger partial charge < -0.3 is 4.98 Å². The number of hydrogen-bond acceptors (Lipinski definition) is 3. The number of H-pyrrole nitrogens is 1. The summed E-state index contributed by atoms with van der Waals surface area (Å²) in [5.41, 5.74) is 3.53. The van der Waals surface area contributed by atoms with Crippen molar-refractivity contribution in [2.45, 2.75) is 6.92 Å². The van der Waals surface area contributed by atoms with Crippen molar-refractivity contribution >= 4 is 27.1 Å². The Kier molecular flexibility index (Phi) is 2.40. The van der Waals surface area contributed by atoms with E-state index < -0.39 is 0 Å². The van der Waals surface area contributed by atoms with E-state index in [-0.39, 0.29) is 0 Å². The number of imidazole rings is 1. The molecule has 0 radical (unpaired) electrons. The predicted molar refractivity (Wildman–Crippen MR) is 69.6 cm³/mol. The average molecular weight is 289 g/mol. The largest absolute Gasteiger partial charge is 0.336 e. The van der Waals surface area contributed by atoms with Crippen LogP contribution in [-0.2, 0) is 0 Å². The van der Waals surface area contributed by atoms with Crippen LogP contribution >= 0.6 is 15.9 Å². The molecule has 0 aromatic carbocycles. The summed E-state index contributed by atoms with van der Waals surface area (Å²) in [6, 6.07) is 5.84. The quantitative estimate of drug-likeness (QED) is 0.749. The molecule has 0 aliphatic heterocycles. The average Bonchev–Trinajstić information content (AvgIpc) is 2.74. The van der Waals surface area contributed by atoms with Gasteiger partial charge in [0.25, 0.3) is 0 Å². The Hall–Kier alpha value is -1.75. The van der Waals surface area contributed by atoms with Crippen LogP contribution in [0.15, 0.2) is 35.1 Å². The van der Waals surface area contributed by atoms with E-state index in [1.165, 1.54) is 0 Å². The highest BCUT2D eigenvalue weighted by Gasteiger charge is 2.08. The minimum atomic E-state index is 0.726. The first-order chi connectivity index (χ1) is 8.24. The minimum Gasteiger partial charge on any atom is -0.336 e. The van der Waals surface area contributed by atoms with E-state index >= 15 is 0 Å². The molecular formula is C12H9BrN4. The Labute approximate surface area is 106 Å². The van der Waals surface area contributed by atoms with Gasteiger partial charge >= 0.3 is 0 Å². The molecule has 84 valence electrons. The molecule has 0 aliphatic rings. The summed E-state index contributed by atoms with van der Waals surface area (Å²) >= 11 is 3.46. The van der Waals surface area contributed by atoms with E-state index in [1.54, 1.807) is 12.4 Å². The number of aromatic nitrogens is 4. The molecule has 0 aliphatic carbocycles. The first-order valence-electron chi connectivity index (χ1n) is 5.17. The summed E-state index contributed by atoms with van der Waals surface area (Å²) in [4.78, 5) is 16.2. The number of halogens is 1. The molecule has 4 nitrogen and oxygen atoms in total. The second kappa shape index (κ2) is 3.92. The van der Waals surface area contributed by atoms with Crippen LogP contribution in [0.5, 0.6) is 0 Å². The molecule has 3 rings (SSSR count). The highest BCUT2D eigenvalue weighted by Crippen LogP contribution is 2.22. The molecule has 1 N–H and O–H groups in total. The van der Waals surface area contributed by atoms with Gasteiger partial charge in [-0.05, 0) is 41.1 Å². The summed E-state index contributed by atoms with van der Waals surface area (Å²) in [6.45, 7) is 1.95. The third-order valence-electron chi connectivity index (χ3n) is 2.54. The van der Waals surface area contributed by atoms with Crippen molar-refractivity contribution in [3.05, 3.63) is 40.8 Å². The van der Waals surface area contributed by atoms with Crippen molar-refractivity contribution in [3.63, 3.8) is 0 Å². The molecular weight excluding hydrogens is 280 g/mol. The summed E-state index contributed by atoms with van der Waals surface area (Å²) in [5, 5.41) is 0. The summed E-state index contributed by atoms with van der Waals surface area (Å²) in [5.74, 6) is 0.790. The van der Waals surface area contributed by atoms with E-state index in [0.717, 1.165) is 32.7 Å². The number of fused-ring (bicyclic) bond motifs is 1. The lowest BCUT2D eigenvalue weighted by Gasteiger charge is -1.94. The van der Waals surface area contributed by atoms with Gasteiger partial charge in [0, 0.05) is 22.4 Å². The number of nitrogens with zero attached hydrogens (tertiary/aromatic N) is 3. The van der Waals surface area contributed by atoms with Crippen molar-refractivity contribution in [1.82, 2.24) is 19.9 Å². The minimum absolute atomic E-state index is 0.726. The molecule has 5 heteroatoms. The zero-order valence-corrected chi connectivity index (χ0v) is 10.7. The van der Waals surface area contributed by atoms with Gasteiger partial charge in [-0.2, -0.15) is 0 Å². The molecule has 3 aromatic rings. The van der Waals surface area contributed by atoms with Gasteiger partial charge in [0.05, 0.1) is 11.2 Å². The van der Waals surface area contributed by atoms with Crippen molar-refractivity contribution in [2.75, 3.05) is 0 Å². The molecule has 0 unspecified atom stereocenters. The Morgan fingerprint density at radius 3 is 2.94 bits per heavy atom. The number of rotatable bonds is 1. The van der Waals surface area contributed by atoms with Gasteiger partial charge in [-0.1, -0.05) is 0 Å². The third-order valence-corrected chi connectivity index (χ3v) is 3.34. The van der Waals surface area contributed by atoms with E-state index in [1.807, 2.05) is 25.1 Å².